The van der Waals surface area contributed by atoms with E-state index >= 15 is 0 Å². The van der Waals surface area contributed by atoms with Gasteiger partial charge in [0.05, 0.1) is 12.0 Å². The summed E-state index contributed by atoms with van der Waals surface area (Å²) in [6.07, 6.45) is 1.21. The van der Waals surface area contributed by atoms with Crippen molar-refractivity contribution in [2.75, 3.05) is 43.1 Å². The maximum Gasteiger partial charge on any atom is 0.311 e. The number of anilines is 2. The highest BCUT2D eigenvalue weighted by Crippen LogP contribution is 2.25. The van der Waals surface area contributed by atoms with E-state index in [1.165, 1.54) is 0 Å². The van der Waals surface area contributed by atoms with Crippen LogP contribution in [-0.4, -0.2) is 38.8 Å². The lowest BCUT2D eigenvalue weighted by Crippen LogP contribution is -2.41. The van der Waals surface area contributed by atoms with E-state index in [-0.39, 0.29) is 31.9 Å². The highest BCUT2D eigenvalue weighted by atomic mass is 31.1. The Hall–Kier alpha value is -1.70. The number of esters is 1. The molecule has 1 unspecified atom stereocenters. The summed E-state index contributed by atoms with van der Waals surface area (Å²) in [7, 11) is -1.50. The number of ether oxygens (including phenoxy) is 2. The average molecular weight is 401 g/mol. The molecule has 151 valence electrons. The molecule has 0 amide bonds. The summed E-state index contributed by atoms with van der Waals surface area (Å²) in [5.74, 6) is -0.340. The SMILES string of the molecule is CC(C)(C)C(=O)OCCO[C](CCN1CCCNc2c1c(=O)c2=O)O[PH2]=O. The second kappa shape index (κ2) is 9.48. The van der Waals surface area contributed by atoms with Gasteiger partial charge in [-0.15, -0.1) is 0 Å². The van der Waals surface area contributed by atoms with Crippen LogP contribution in [0.2, 0.25) is 0 Å². The molecule has 27 heavy (non-hydrogen) atoms. The lowest BCUT2D eigenvalue weighted by molar-refractivity contribution is -0.155. The lowest BCUT2D eigenvalue weighted by atomic mass is 9.97. The van der Waals surface area contributed by atoms with Gasteiger partial charge in [0.2, 0.25) is 6.29 Å². The number of hydrogen-bond donors (Lipinski definition) is 1. The quantitative estimate of drug-likeness (QED) is 0.281. The van der Waals surface area contributed by atoms with E-state index in [0.717, 1.165) is 6.42 Å². The van der Waals surface area contributed by atoms with Crippen LogP contribution in [0.5, 0.6) is 0 Å². The number of nitrogens with zero attached hydrogens (tertiary/aromatic N) is 1. The van der Waals surface area contributed by atoms with Gasteiger partial charge in [0.25, 0.3) is 10.9 Å². The van der Waals surface area contributed by atoms with Crippen LogP contribution in [0.3, 0.4) is 0 Å². The van der Waals surface area contributed by atoms with Gasteiger partial charge in [-0.3, -0.25) is 23.5 Å². The minimum atomic E-state index is -1.50. The molecule has 0 saturated carbocycles. The van der Waals surface area contributed by atoms with Gasteiger partial charge in [-0.2, -0.15) is 0 Å². The molecule has 1 aromatic rings. The molecule has 1 radical (unpaired) electrons. The zero-order chi connectivity index (χ0) is 20.0. The summed E-state index contributed by atoms with van der Waals surface area (Å²) in [5.41, 5.74) is -0.819. The molecular weight excluding hydrogens is 375 g/mol. The lowest BCUT2D eigenvalue weighted by Gasteiger charge is -2.26. The Balaban J connectivity index is 1.83. The van der Waals surface area contributed by atoms with E-state index in [4.69, 9.17) is 14.0 Å². The predicted octanol–water partition coefficient (Wildman–Crippen LogP) is 1.08. The van der Waals surface area contributed by atoms with E-state index in [2.05, 4.69) is 5.32 Å². The molecule has 1 aromatic carbocycles. The Morgan fingerprint density at radius 1 is 1.19 bits per heavy atom. The van der Waals surface area contributed by atoms with Crippen molar-refractivity contribution in [1.29, 1.82) is 0 Å². The first-order valence-corrected chi connectivity index (χ1v) is 9.78. The van der Waals surface area contributed by atoms with Crippen LogP contribution >= 0.6 is 8.69 Å². The van der Waals surface area contributed by atoms with E-state index in [1.807, 2.05) is 4.90 Å². The third kappa shape index (κ3) is 5.64. The zero-order valence-electron chi connectivity index (χ0n) is 15.8. The second-order valence-corrected chi connectivity index (χ2v) is 7.65. The molecule has 1 atom stereocenters. The molecule has 1 heterocycles. The largest absolute Gasteiger partial charge is 0.463 e. The van der Waals surface area contributed by atoms with E-state index in [0.29, 0.717) is 31.0 Å². The van der Waals surface area contributed by atoms with Crippen LogP contribution in [0.4, 0.5) is 11.4 Å². The summed E-state index contributed by atoms with van der Waals surface area (Å²) in [6, 6.07) is 0. The van der Waals surface area contributed by atoms with Crippen molar-refractivity contribution in [3.63, 3.8) is 0 Å². The maximum atomic E-state index is 11.8. The Bertz CT molecular complexity index is 737. The molecule has 1 aliphatic rings. The number of nitrogens with one attached hydrogen (secondary N) is 1. The molecule has 9 nitrogen and oxygen atoms in total. The van der Waals surface area contributed by atoms with Gasteiger partial charge < -0.3 is 19.7 Å². The summed E-state index contributed by atoms with van der Waals surface area (Å²) in [6.45, 7) is 7.01. The van der Waals surface area contributed by atoms with Gasteiger partial charge in [0.1, 0.15) is 18.0 Å². The second-order valence-electron chi connectivity index (χ2n) is 7.22. The van der Waals surface area contributed by atoms with E-state index in [1.54, 1.807) is 20.8 Å². The number of carbonyl (C=O) groups is 1. The van der Waals surface area contributed by atoms with Crippen molar-refractivity contribution in [2.45, 2.75) is 33.6 Å². The molecule has 0 aromatic heterocycles. The fourth-order valence-corrected chi connectivity index (χ4v) is 2.91. The third-order valence-corrected chi connectivity index (χ3v) is 4.42. The predicted molar refractivity (Wildman–Crippen MR) is 102 cm³/mol. The van der Waals surface area contributed by atoms with Gasteiger partial charge >= 0.3 is 5.97 Å². The van der Waals surface area contributed by atoms with Gasteiger partial charge in [0.15, 0.2) is 8.69 Å². The summed E-state index contributed by atoms with van der Waals surface area (Å²) < 4.78 is 26.4. The Kier molecular flexibility index (Phi) is 7.59. The average Bonchev–Trinajstić information content (AvgIpc) is 2.81. The minimum absolute atomic E-state index is 0.0487. The van der Waals surface area contributed by atoms with Gasteiger partial charge in [-0.1, -0.05) is 0 Å². The van der Waals surface area contributed by atoms with Crippen LogP contribution in [0, 0.1) is 11.7 Å². The van der Waals surface area contributed by atoms with E-state index < -0.39 is 25.0 Å². The van der Waals surface area contributed by atoms with Gasteiger partial charge in [-0.05, 0) is 27.2 Å². The Morgan fingerprint density at radius 2 is 1.89 bits per heavy atom. The third-order valence-electron chi connectivity index (χ3n) is 4.07. The number of carbonyl (C=O) groups excluding carboxylic acids is 1. The highest BCUT2D eigenvalue weighted by Gasteiger charge is 2.28. The molecule has 0 fully saturated rings. The van der Waals surface area contributed by atoms with Crippen molar-refractivity contribution < 1.29 is 23.4 Å². The first-order chi connectivity index (χ1) is 12.8. The molecule has 10 heteroatoms. The monoisotopic (exact) mass is 401 g/mol. The van der Waals surface area contributed by atoms with Crippen molar-refractivity contribution in [2.24, 2.45) is 5.41 Å². The molecule has 0 bridgehead atoms. The van der Waals surface area contributed by atoms with Crippen molar-refractivity contribution in [1.82, 2.24) is 0 Å². The normalized spacial score (nSPS) is 15.2. The van der Waals surface area contributed by atoms with Crippen LogP contribution in [0.15, 0.2) is 9.59 Å². The zero-order valence-corrected chi connectivity index (χ0v) is 17.0. The van der Waals surface area contributed by atoms with Crippen LogP contribution < -0.4 is 21.1 Å². The first-order valence-electron chi connectivity index (χ1n) is 8.84. The van der Waals surface area contributed by atoms with E-state index in [9.17, 15) is 18.9 Å². The van der Waals surface area contributed by atoms with Crippen LogP contribution in [0.1, 0.15) is 33.6 Å². The molecule has 0 aliphatic carbocycles. The molecule has 1 N–H and O–H groups in total. The molecule has 0 saturated heterocycles. The van der Waals surface area contributed by atoms with Gasteiger partial charge in [-0.25, -0.2) is 0 Å². The van der Waals surface area contributed by atoms with Crippen molar-refractivity contribution >= 4 is 26.0 Å². The maximum absolute atomic E-state index is 11.8. The highest BCUT2D eigenvalue weighted by molar-refractivity contribution is 7.17. The topological polar surface area (TPSA) is 111 Å². The summed E-state index contributed by atoms with van der Waals surface area (Å²) in [5, 5.41) is 2.97. The molecule has 1 aliphatic heterocycles. The minimum Gasteiger partial charge on any atom is -0.463 e. The number of hydrogen-bond acceptors (Lipinski definition) is 9. The number of rotatable bonds is 9. The van der Waals surface area contributed by atoms with Gasteiger partial charge in [0, 0.05) is 26.1 Å². The first kappa shape index (κ1) is 21.6. The Morgan fingerprint density at radius 3 is 2.56 bits per heavy atom. The standard InChI is InChI=1S/C17H26N2O7P/c1-17(2,3)16(22)25-10-9-24-11(26-27-23)5-8-19-7-4-6-18-12-13(19)15(21)14(12)20/h18H,4-10,27H2,1-3H3. The molecular formula is C17H26N2O7P. The fourth-order valence-electron chi connectivity index (χ4n) is 2.62. The van der Waals surface area contributed by atoms with Crippen LogP contribution in [0.25, 0.3) is 0 Å². The summed E-state index contributed by atoms with van der Waals surface area (Å²) in [4.78, 5) is 36.9. The van der Waals surface area contributed by atoms with Crippen LogP contribution in [-0.2, 0) is 23.4 Å². The fraction of sp³-hybridized carbons (Fsp3) is 0.647. The van der Waals surface area contributed by atoms with Crippen molar-refractivity contribution in [3.05, 3.63) is 26.7 Å². The number of fused-ring (bicyclic) bond motifs is 1. The summed E-state index contributed by atoms with van der Waals surface area (Å²) >= 11 is 0. The Labute approximate surface area is 158 Å². The van der Waals surface area contributed by atoms with Crippen molar-refractivity contribution in [3.8, 4) is 0 Å². The molecule has 0 spiro atoms. The smallest absolute Gasteiger partial charge is 0.311 e. The molecule has 2 rings (SSSR count).